The predicted octanol–water partition coefficient (Wildman–Crippen LogP) is 4.95. The molecule has 1 N–H and O–H groups in total. The van der Waals surface area contributed by atoms with Gasteiger partial charge in [-0.05, 0) is 30.2 Å². The molecule has 2 nitrogen and oxygen atoms in total. The first-order valence-corrected chi connectivity index (χ1v) is 6.58. The van der Waals surface area contributed by atoms with Crippen LogP contribution in [0.2, 0.25) is 10.0 Å². The number of benzene rings is 1. The highest BCUT2D eigenvalue weighted by Gasteiger charge is 2.10. The first-order chi connectivity index (χ1) is 8.70. The lowest BCUT2D eigenvalue weighted by atomic mass is 10.0. The summed E-state index contributed by atoms with van der Waals surface area (Å²) < 4.78 is 0. The maximum absolute atomic E-state index is 6.11. The molecule has 1 atom stereocenters. The summed E-state index contributed by atoms with van der Waals surface area (Å²) >= 11 is 12.0. The maximum Gasteiger partial charge on any atom is 0.0720 e. The highest BCUT2D eigenvalue weighted by Crippen LogP contribution is 2.27. The van der Waals surface area contributed by atoms with Gasteiger partial charge in [0.1, 0.15) is 0 Å². The van der Waals surface area contributed by atoms with Crippen molar-refractivity contribution in [3.8, 4) is 0 Å². The molecule has 0 fully saturated rings. The predicted molar refractivity (Wildman–Crippen MR) is 77.4 cm³/mol. The first kappa shape index (κ1) is 13.2. The van der Waals surface area contributed by atoms with E-state index < -0.39 is 0 Å². The Kier molecular flexibility index (Phi) is 4.45. The second-order valence-electron chi connectivity index (χ2n) is 4.01. The molecule has 0 saturated carbocycles. The van der Waals surface area contributed by atoms with E-state index in [-0.39, 0.29) is 6.04 Å². The van der Waals surface area contributed by atoms with Crippen LogP contribution in [0.25, 0.3) is 0 Å². The number of hydrogen-bond acceptors (Lipinski definition) is 2. The zero-order valence-corrected chi connectivity index (χ0v) is 11.5. The van der Waals surface area contributed by atoms with E-state index in [0.29, 0.717) is 5.02 Å². The van der Waals surface area contributed by atoms with Gasteiger partial charge in [-0.15, -0.1) is 0 Å². The van der Waals surface area contributed by atoms with Crippen molar-refractivity contribution >= 4 is 28.9 Å². The lowest BCUT2D eigenvalue weighted by Gasteiger charge is -2.19. The van der Waals surface area contributed by atoms with Crippen LogP contribution >= 0.6 is 23.2 Å². The van der Waals surface area contributed by atoms with Gasteiger partial charge in [-0.3, -0.25) is 4.98 Å². The second-order valence-corrected chi connectivity index (χ2v) is 4.86. The summed E-state index contributed by atoms with van der Waals surface area (Å²) in [6, 6.07) is 9.81. The van der Waals surface area contributed by atoms with Crippen molar-refractivity contribution in [1.82, 2.24) is 4.98 Å². The molecule has 18 heavy (non-hydrogen) atoms. The number of nitrogens with zero attached hydrogens (tertiary/aromatic N) is 1. The molecular weight excluding hydrogens is 267 g/mol. The molecular formula is C14H14Cl2N2. The average Bonchev–Trinajstić information content (AvgIpc) is 2.39. The summed E-state index contributed by atoms with van der Waals surface area (Å²) in [5.74, 6) is 0. The van der Waals surface area contributed by atoms with Gasteiger partial charge in [0.2, 0.25) is 0 Å². The molecule has 0 amide bonds. The summed E-state index contributed by atoms with van der Waals surface area (Å²) in [5.41, 5.74) is 2.03. The van der Waals surface area contributed by atoms with E-state index in [1.54, 1.807) is 18.5 Å². The van der Waals surface area contributed by atoms with Gasteiger partial charge >= 0.3 is 0 Å². The molecule has 1 unspecified atom stereocenters. The Morgan fingerprint density at radius 3 is 2.50 bits per heavy atom. The van der Waals surface area contributed by atoms with Gasteiger partial charge in [-0.25, -0.2) is 0 Å². The van der Waals surface area contributed by atoms with Crippen LogP contribution in [0.4, 0.5) is 5.69 Å². The van der Waals surface area contributed by atoms with Crippen LogP contribution < -0.4 is 5.32 Å². The number of anilines is 1. The molecule has 94 valence electrons. The SMILES string of the molecule is CCC(Nc1cnccc1Cl)c1ccc(Cl)cc1. The molecule has 0 bridgehead atoms. The number of halogens is 2. The fourth-order valence-corrected chi connectivity index (χ4v) is 2.07. The van der Waals surface area contributed by atoms with E-state index >= 15 is 0 Å². The van der Waals surface area contributed by atoms with Crippen molar-refractivity contribution in [3.05, 3.63) is 58.3 Å². The summed E-state index contributed by atoms with van der Waals surface area (Å²) in [7, 11) is 0. The summed E-state index contributed by atoms with van der Waals surface area (Å²) in [4.78, 5) is 4.07. The molecule has 1 heterocycles. The van der Waals surface area contributed by atoms with E-state index in [0.717, 1.165) is 17.1 Å². The molecule has 0 aliphatic rings. The van der Waals surface area contributed by atoms with Gasteiger partial charge in [-0.2, -0.15) is 0 Å². The largest absolute Gasteiger partial charge is 0.376 e. The van der Waals surface area contributed by atoms with Gasteiger partial charge in [0.05, 0.1) is 22.9 Å². The van der Waals surface area contributed by atoms with Gasteiger partial charge in [0.25, 0.3) is 0 Å². The fourth-order valence-electron chi connectivity index (χ4n) is 1.79. The molecule has 0 aliphatic carbocycles. The minimum Gasteiger partial charge on any atom is -0.376 e. The number of pyridine rings is 1. The van der Waals surface area contributed by atoms with Crippen molar-refractivity contribution in [2.24, 2.45) is 0 Å². The molecule has 1 aromatic carbocycles. The summed E-state index contributed by atoms with van der Waals surface area (Å²) in [5, 5.41) is 4.82. The van der Waals surface area contributed by atoms with Crippen LogP contribution in [0.15, 0.2) is 42.7 Å². The summed E-state index contributed by atoms with van der Waals surface area (Å²) in [6.45, 7) is 2.12. The molecule has 2 aromatic rings. The Balaban J connectivity index is 2.20. The van der Waals surface area contributed by atoms with E-state index in [1.807, 2.05) is 24.3 Å². The molecule has 4 heteroatoms. The summed E-state index contributed by atoms with van der Waals surface area (Å²) in [6.07, 6.45) is 4.37. The topological polar surface area (TPSA) is 24.9 Å². The van der Waals surface area contributed by atoms with E-state index in [9.17, 15) is 0 Å². The number of nitrogens with one attached hydrogen (secondary N) is 1. The quantitative estimate of drug-likeness (QED) is 0.857. The van der Waals surface area contributed by atoms with E-state index in [2.05, 4.69) is 17.2 Å². The van der Waals surface area contributed by atoms with Crippen molar-refractivity contribution in [2.75, 3.05) is 5.32 Å². The van der Waals surface area contributed by atoms with Crippen molar-refractivity contribution in [2.45, 2.75) is 19.4 Å². The Hall–Kier alpha value is -1.25. The lowest BCUT2D eigenvalue weighted by molar-refractivity contribution is 0.749. The molecule has 1 aromatic heterocycles. The smallest absolute Gasteiger partial charge is 0.0720 e. The van der Waals surface area contributed by atoms with Crippen LogP contribution in [0.3, 0.4) is 0 Å². The van der Waals surface area contributed by atoms with Gasteiger partial charge < -0.3 is 5.32 Å². The van der Waals surface area contributed by atoms with Crippen LogP contribution in [0.1, 0.15) is 24.9 Å². The Labute approximate surface area is 117 Å². The Bertz CT molecular complexity index is 511. The normalized spacial score (nSPS) is 12.2. The highest BCUT2D eigenvalue weighted by molar-refractivity contribution is 6.33. The zero-order valence-electron chi connectivity index (χ0n) is 10.0. The van der Waals surface area contributed by atoms with Crippen molar-refractivity contribution in [1.29, 1.82) is 0 Å². The monoisotopic (exact) mass is 280 g/mol. The van der Waals surface area contributed by atoms with Crippen LogP contribution in [0, 0.1) is 0 Å². The lowest BCUT2D eigenvalue weighted by Crippen LogP contribution is -2.10. The first-order valence-electron chi connectivity index (χ1n) is 5.82. The number of hydrogen-bond donors (Lipinski definition) is 1. The van der Waals surface area contributed by atoms with Crippen molar-refractivity contribution in [3.63, 3.8) is 0 Å². The third kappa shape index (κ3) is 3.15. The van der Waals surface area contributed by atoms with Gasteiger partial charge in [0.15, 0.2) is 0 Å². The van der Waals surface area contributed by atoms with Gasteiger partial charge in [0, 0.05) is 11.2 Å². The van der Waals surface area contributed by atoms with Crippen LogP contribution in [0.5, 0.6) is 0 Å². The van der Waals surface area contributed by atoms with E-state index in [4.69, 9.17) is 23.2 Å². The molecule has 2 rings (SSSR count). The minimum atomic E-state index is 0.198. The Morgan fingerprint density at radius 1 is 1.17 bits per heavy atom. The number of rotatable bonds is 4. The standard InChI is InChI=1S/C14H14Cl2N2/c1-2-13(10-3-5-11(15)6-4-10)18-14-9-17-8-7-12(14)16/h3-9,13,18H,2H2,1H3. The van der Waals surface area contributed by atoms with E-state index in [1.165, 1.54) is 5.56 Å². The maximum atomic E-state index is 6.11. The Morgan fingerprint density at radius 2 is 1.89 bits per heavy atom. The second kappa shape index (κ2) is 6.07. The number of aromatic nitrogens is 1. The van der Waals surface area contributed by atoms with Crippen LogP contribution in [-0.4, -0.2) is 4.98 Å². The minimum absolute atomic E-state index is 0.198. The van der Waals surface area contributed by atoms with Crippen molar-refractivity contribution < 1.29 is 0 Å². The fraction of sp³-hybridized carbons (Fsp3) is 0.214. The third-order valence-corrected chi connectivity index (χ3v) is 3.36. The van der Waals surface area contributed by atoms with Crippen LogP contribution in [-0.2, 0) is 0 Å². The molecule has 0 saturated heterocycles. The third-order valence-electron chi connectivity index (χ3n) is 2.78. The molecule has 0 radical (unpaired) electrons. The zero-order chi connectivity index (χ0) is 13.0. The highest BCUT2D eigenvalue weighted by atomic mass is 35.5. The average molecular weight is 281 g/mol. The molecule has 0 aliphatic heterocycles. The molecule has 0 spiro atoms. The van der Waals surface area contributed by atoms with Gasteiger partial charge in [-0.1, -0.05) is 42.3 Å².